The van der Waals surface area contributed by atoms with Crippen LogP contribution < -0.4 is 5.32 Å². The Labute approximate surface area is 155 Å². The van der Waals surface area contributed by atoms with Crippen molar-refractivity contribution in [3.8, 4) is 0 Å². The van der Waals surface area contributed by atoms with Crippen molar-refractivity contribution in [3.63, 3.8) is 0 Å². The maximum absolute atomic E-state index is 12.8. The lowest BCUT2D eigenvalue weighted by Crippen LogP contribution is -2.13. The minimum Gasteiger partial charge on any atom is -0.358 e. The normalized spacial score (nSPS) is 11.4. The van der Waals surface area contributed by atoms with E-state index < -0.39 is 28.4 Å². The van der Waals surface area contributed by atoms with E-state index in [0.29, 0.717) is 11.3 Å². The standard InChI is InChI=1S/C16H13F3N6O3/c1-9-5-13(20-15(26)12-7-14(22-21-12)25(27)28)23-24(9)8-10-3-2-4-11(6-10)16(17,18)19/h2-7H,8H2,1H3,(H,21,22)(H,20,23,26). The predicted molar refractivity (Wildman–Crippen MR) is 90.7 cm³/mol. The van der Waals surface area contributed by atoms with Crippen LogP contribution in [0.5, 0.6) is 0 Å². The first-order chi connectivity index (χ1) is 13.1. The van der Waals surface area contributed by atoms with Gasteiger partial charge >= 0.3 is 12.0 Å². The second kappa shape index (κ2) is 7.13. The number of anilines is 1. The summed E-state index contributed by atoms with van der Waals surface area (Å²) >= 11 is 0. The number of amides is 1. The molecule has 0 radical (unpaired) electrons. The van der Waals surface area contributed by atoms with Gasteiger partial charge in [-0.3, -0.25) is 9.48 Å². The quantitative estimate of drug-likeness (QED) is 0.509. The van der Waals surface area contributed by atoms with E-state index in [2.05, 4.69) is 20.6 Å². The zero-order valence-corrected chi connectivity index (χ0v) is 14.3. The summed E-state index contributed by atoms with van der Waals surface area (Å²) in [5.74, 6) is -1.01. The molecule has 0 aliphatic heterocycles. The molecule has 2 N–H and O–H groups in total. The topological polar surface area (TPSA) is 119 Å². The number of carbonyl (C=O) groups is 1. The fourth-order valence-corrected chi connectivity index (χ4v) is 2.45. The maximum atomic E-state index is 12.8. The number of aryl methyl sites for hydroxylation is 1. The predicted octanol–water partition coefficient (Wildman–Crippen LogP) is 3.14. The van der Waals surface area contributed by atoms with Crippen LogP contribution in [0.25, 0.3) is 0 Å². The van der Waals surface area contributed by atoms with E-state index in [9.17, 15) is 28.1 Å². The van der Waals surface area contributed by atoms with Gasteiger partial charge in [-0.2, -0.15) is 18.3 Å². The van der Waals surface area contributed by atoms with Gasteiger partial charge in [-0.25, -0.2) is 0 Å². The first-order valence-electron chi connectivity index (χ1n) is 7.85. The molecular weight excluding hydrogens is 381 g/mol. The van der Waals surface area contributed by atoms with Crippen LogP contribution in [0, 0.1) is 17.0 Å². The largest absolute Gasteiger partial charge is 0.416 e. The van der Waals surface area contributed by atoms with Crippen molar-refractivity contribution in [2.75, 3.05) is 5.32 Å². The average Bonchev–Trinajstić information content (AvgIpc) is 3.22. The Morgan fingerprint density at radius 1 is 1.32 bits per heavy atom. The summed E-state index contributed by atoms with van der Waals surface area (Å²) in [7, 11) is 0. The third-order valence-electron chi connectivity index (χ3n) is 3.80. The van der Waals surface area contributed by atoms with Gasteiger partial charge < -0.3 is 15.4 Å². The first kappa shape index (κ1) is 19.1. The number of rotatable bonds is 5. The molecule has 2 heterocycles. The Kier molecular flexibility index (Phi) is 4.86. The lowest BCUT2D eigenvalue weighted by Gasteiger charge is -2.09. The molecule has 3 aromatic rings. The van der Waals surface area contributed by atoms with Gasteiger partial charge in [0.1, 0.15) is 0 Å². The smallest absolute Gasteiger partial charge is 0.358 e. The summed E-state index contributed by atoms with van der Waals surface area (Å²) in [6.07, 6.45) is -4.44. The molecule has 0 unspecified atom stereocenters. The molecule has 0 fully saturated rings. The highest BCUT2D eigenvalue weighted by Gasteiger charge is 2.30. The molecule has 3 rings (SSSR count). The molecule has 0 aliphatic rings. The zero-order chi connectivity index (χ0) is 20.5. The van der Waals surface area contributed by atoms with E-state index in [-0.39, 0.29) is 18.1 Å². The second-order valence-corrected chi connectivity index (χ2v) is 5.88. The number of aromatic amines is 1. The fourth-order valence-electron chi connectivity index (χ4n) is 2.45. The Morgan fingerprint density at radius 3 is 2.71 bits per heavy atom. The number of H-pyrrole nitrogens is 1. The van der Waals surface area contributed by atoms with Crippen molar-refractivity contribution < 1.29 is 22.9 Å². The van der Waals surface area contributed by atoms with Crippen LogP contribution >= 0.6 is 0 Å². The van der Waals surface area contributed by atoms with E-state index in [1.165, 1.54) is 22.9 Å². The highest BCUT2D eigenvalue weighted by molar-refractivity contribution is 6.02. The van der Waals surface area contributed by atoms with Crippen molar-refractivity contribution in [1.29, 1.82) is 0 Å². The number of alkyl halides is 3. The Morgan fingerprint density at radius 2 is 2.07 bits per heavy atom. The van der Waals surface area contributed by atoms with Crippen LogP contribution in [0.3, 0.4) is 0 Å². The molecule has 0 atom stereocenters. The first-order valence-corrected chi connectivity index (χ1v) is 7.85. The van der Waals surface area contributed by atoms with Gasteiger partial charge in [-0.1, -0.05) is 17.2 Å². The molecule has 0 bridgehead atoms. The van der Waals surface area contributed by atoms with E-state index in [0.717, 1.165) is 18.2 Å². The molecule has 12 heteroatoms. The van der Waals surface area contributed by atoms with E-state index in [1.807, 2.05) is 0 Å². The molecular formula is C16H13F3N6O3. The lowest BCUT2D eigenvalue weighted by atomic mass is 10.1. The van der Waals surface area contributed by atoms with Crippen LogP contribution in [0.4, 0.5) is 24.8 Å². The van der Waals surface area contributed by atoms with Crippen molar-refractivity contribution in [2.45, 2.75) is 19.6 Å². The van der Waals surface area contributed by atoms with Crippen LogP contribution in [0.2, 0.25) is 0 Å². The number of hydrogen-bond donors (Lipinski definition) is 2. The molecule has 146 valence electrons. The third-order valence-corrected chi connectivity index (χ3v) is 3.80. The second-order valence-electron chi connectivity index (χ2n) is 5.88. The van der Waals surface area contributed by atoms with Crippen LogP contribution in [0.15, 0.2) is 36.4 Å². The van der Waals surface area contributed by atoms with E-state index in [1.54, 1.807) is 6.92 Å². The van der Waals surface area contributed by atoms with Crippen LogP contribution in [0.1, 0.15) is 27.3 Å². The molecule has 0 aliphatic carbocycles. The number of halogens is 3. The van der Waals surface area contributed by atoms with Gasteiger partial charge in [0.05, 0.1) is 18.2 Å². The van der Waals surface area contributed by atoms with Crippen molar-refractivity contribution >= 4 is 17.5 Å². The molecule has 0 spiro atoms. The Hall–Kier alpha value is -3.70. The average molecular weight is 394 g/mol. The molecule has 1 amide bonds. The van der Waals surface area contributed by atoms with Crippen molar-refractivity contribution in [2.24, 2.45) is 0 Å². The number of nitrogens with one attached hydrogen (secondary N) is 2. The highest BCUT2D eigenvalue weighted by atomic mass is 19.4. The summed E-state index contributed by atoms with van der Waals surface area (Å²) in [5.41, 5.74) is 0.0304. The van der Waals surface area contributed by atoms with Crippen molar-refractivity contribution in [3.05, 3.63) is 69.0 Å². The van der Waals surface area contributed by atoms with Gasteiger partial charge in [0.25, 0.3) is 5.91 Å². The van der Waals surface area contributed by atoms with Crippen LogP contribution in [-0.4, -0.2) is 30.8 Å². The van der Waals surface area contributed by atoms with Gasteiger partial charge in [-0.15, -0.1) is 5.10 Å². The molecule has 9 nitrogen and oxygen atoms in total. The Bertz CT molecular complexity index is 1040. The van der Waals surface area contributed by atoms with Gasteiger partial charge in [0.2, 0.25) is 0 Å². The van der Waals surface area contributed by atoms with Crippen LogP contribution in [-0.2, 0) is 12.7 Å². The SMILES string of the molecule is Cc1cc(NC(=O)c2cc([N+](=O)[O-])[nH]n2)nn1Cc1cccc(C(F)(F)F)c1. The minimum absolute atomic E-state index is 0.0689. The zero-order valence-electron chi connectivity index (χ0n) is 14.3. The minimum atomic E-state index is -4.44. The number of benzene rings is 1. The number of carbonyl (C=O) groups excluding carboxylic acids is 1. The molecule has 28 heavy (non-hydrogen) atoms. The summed E-state index contributed by atoms with van der Waals surface area (Å²) in [6.45, 7) is 1.75. The molecule has 2 aromatic heterocycles. The van der Waals surface area contributed by atoms with Gasteiger partial charge in [-0.05, 0) is 29.5 Å². The molecule has 0 saturated heterocycles. The number of nitro groups is 1. The van der Waals surface area contributed by atoms with E-state index >= 15 is 0 Å². The summed E-state index contributed by atoms with van der Waals surface area (Å²) < 4.78 is 39.9. The highest BCUT2D eigenvalue weighted by Crippen LogP contribution is 2.29. The maximum Gasteiger partial charge on any atom is 0.416 e. The fraction of sp³-hybridized carbons (Fsp3) is 0.188. The summed E-state index contributed by atoms with van der Waals surface area (Å²) in [5, 5.41) is 22.8. The number of nitrogens with zero attached hydrogens (tertiary/aromatic N) is 4. The lowest BCUT2D eigenvalue weighted by molar-refractivity contribution is -0.389. The summed E-state index contributed by atoms with van der Waals surface area (Å²) in [4.78, 5) is 22.0. The number of hydrogen-bond acceptors (Lipinski definition) is 5. The monoisotopic (exact) mass is 394 g/mol. The van der Waals surface area contributed by atoms with Gasteiger partial charge in [0.15, 0.2) is 11.5 Å². The van der Waals surface area contributed by atoms with Gasteiger partial charge in [0, 0.05) is 11.8 Å². The summed E-state index contributed by atoms with van der Waals surface area (Å²) in [6, 6.07) is 7.35. The van der Waals surface area contributed by atoms with Crippen molar-refractivity contribution in [1.82, 2.24) is 20.0 Å². The Balaban J connectivity index is 1.74. The third kappa shape index (κ3) is 4.16. The molecule has 0 saturated carbocycles. The van der Waals surface area contributed by atoms with E-state index in [4.69, 9.17) is 0 Å². The number of aromatic nitrogens is 4. The molecule has 1 aromatic carbocycles.